The zero-order valence-corrected chi connectivity index (χ0v) is 9.35. The molecule has 1 aromatic rings. The highest BCUT2D eigenvalue weighted by molar-refractivity contribution is 5.75. The number of hydrogen-bond acceptors (Lipinski definition) is 2. The largest absolute Gasteiger partial charge is 0.481 e. The topological polar surface area (TPSA) is 50.2 Å². The highest BCUT2D eigenvalue weighted by atomic mass is 16.4. The Bertz CT molecular complexity index is 355. The van der Waals surface area contributed by atoms with Crippen molar-refractivity contribution >= 4 is 5.97 Å². The fourth-order valence-electron chi connectivity index (χ4n) is 2.59. The molecule has 3 heteroatoms. The highest BCUT2D eigenvalue weighted by Crippen LogP contribution is 2.39. The molecule has 0 amide bonds. The summed E-state index contributed by atoms with van der Waals surface area (Å²) < 4.78 is 0. The molecular weight excluding hydrogens is 202 g/mol. The van der Waals surface area contributed by atoms with E-state index in [2.05, 4.69) is 4.98 Å². The van der Waals surface area contributed by atoms with Gasteiger partial charge in [-0.1, -0.05) is 25.3 Å². The van der Waals surface area contributed by atoms with Crippen LogP contribution in [0.1, 0.15) is 37.7 Å². The summed E-state index contributed by atoms with van der Waals surface area (Å²) in [5.41, 5.74) is 0.494. The maximum absolute atomic E-state index is 11.5. The van der Waals surface area contributed by atoms with E-state index in [0.717, 1.165) is 31.2 Å². The first kappa shape index (κ1) is 11.1. The maximum Gasteiger partial charge on any atom is 0.309 e. The Kier molecular flexibility index (Phi) is 3.22. The van der Waals surface area contributed by atoms with Crippen LogP contribution in [0.4, 0.5) is 0 Å². The molecule has 0 aromatic carbocycles. The molecule has 1 aromatic heterocycles. The lowest BCUT2D eigenvalue weighted by atomic mass is 9.70. The van der Waals surface area contributed by atoms with Crippen LogP contribution >= 0.6 is 0 Å². The number of pyridine rings is 1. The lowest BCUT2D eigenvalue weighted by Gasteiger charge is -2.33. The molecule has 0 unspecified atom stereocenters. The molecule has 86 valence electrons. The summed E-state index contributed by atoms with van der Waals surface area (Å²) in [6, 6.07) is 3.83. The van der Waals surface area contributed by atoms with Gasteiger partial charge in [0.25, 0.3) is 0 Å². The first-order chi connectivity index (χ1) is 7.73. The Labute approximate surface area is 95.5 Å². The molecule has 1 aliphatic rings. The van der Waals surface area contributed by atoms with Crippen LogP contribution in [0.5, 0.6) is 0 Å². The van der Waals surface area contributed by atoms with Crippen LogP contribution in [-0.2, 0) is 11.2 Å². The molecule has 1 saturated carbocycles. The summed E-state index contributed by atoms with van der Waals surface area (Å²) in [4.78, 5) is 15.5. The van der Waals surface area contributed by atoms with Gasteiger partial charge in [0.1, 0.15) is 0 Å². The molecule has 3 nitrogen and oxygen atoms in total. The minimum absolute atomic E-state index is 0.540. The lowest BCUT2D eigenvalue weighted by Crippen LogP contribution is -2.35. The zero-order chi connectivity index (χ0) is 11.4. The van der Waals surface area contributed by atoms with Crippen molar-refractivity contribution in [1.29, 1.82) is 0 Å². The third kappa shape index (κ3) is 2.23. The van der Waals surface area contributed by atoms with E-state index in [4.69, 9.17) is 0 Å². The van der Waals surface area contributed by atoms with Gasteiger partial charge in [0, 0.05) is 12.4 Å². The smallest absolute Gasteiger partial charge is 0.309 e. The molecule has 1 N–H and O–H groups in total. The monoisotopic (exact) mass is 219 g/mol. The van der Waals surface area contributed by atoms with Gasteiger partial charge in [-0.3, -0.25) is 9.78 Å². The summed E-state index contributed by atoms with van der Waals surface area (Å²) in [5.74, 6) is -0.643. The van der Waals surface area contributed by atoms with E-state index in [-0.39, 0.29) is 0 Å². The lowest BCUT2D eigenvalue weighted by molar-refractivity contribution is -0.151. The van der Waals surface area contributed by atoms with Crippen molar-refractivity contribution in [3.05, 3.63) is 30.1 Å². The Morgan fingerprint density at radius 2 is 2.12 bits per heavy atom. The van der Waals surface area contributed by atoms with Crippen LogP contribution in [0.25, 0.3) is 0 Å². The molecule has 1 aliphatic carbocycles. The molecule has 16 heavy (non-hydrogen) atoms. The number of aliphatic carboxylic acids is 1. The number of hydrogen-bond donors (Lipinski definition) is 1. The molecule has 0 spiro atoms. The van der Waals surface area contributed by atoms with Crippen molar-refractivity contribution in [1.82, 2.24) is 4.98 Å². The van der Waals surface area contributed by atoms with E-state index >= 15 is 0 Å². The second-order valence-corrected chi connectivity index (χ2v) is 4.68. The van der Waals surface area contributed by atoms with Gasteiger partial charge in [0.05, 0.1) is 5.41 Å². The number of carboxylic acids is 1. The number of carbonyl (C=O) groups is 1. The van der Waals surface area contributed by atoms with Crippen molar-refractivity contribution in [3.8, 4) is 0 Å². The van der Waals surface area contributed by atoms with Gasteiger partial charge >= 0.3 is 5.97 Å². The normalized spacial score (nSPS) is 19.2. The molecule has 1 fully saturated rings. The average molecular weight is 219 g/mol. The SMILES string of the molecule is O=C(O)C1(Cc2cccnc2)CCCCC1. The van der Waals surface area contributed by atoms with E-state index in [1.807, 2.05) is 12.1 Å². The van der Waals surface area contributed by atoms with Crippen LogP contribution in [0.3, 0.4) is 0 Å². The Morgan fingerprint density at radius 1 is 1.38 bits per heavy atom. The first-order valence-electron chi connectivity index (χ1n) is 5.85. The number of nitrogens with zero attached hydrogens (tertiary/aromatic N) is 1. The second kappa shape index (κ2) is 4.64. The van der Waals surface area contributed by atoms with Crippen LogP contribution < -0.4 is 0 Å². The van der Waals surface area contributed by atoms with Crippen molar-refractivity contribution in [2.75, 3.05) is 0 Å². The van der Waals surface area contributed by atoms with Gasteiger partial charge < -0.3 is 5.11 Å². The van der Waals surface area contributed by atoms with Crippen molar-refractivity contribution < 1.29 is 9.90 Å². The molecule has 0 atom stereocenters. The van der Waals surface area contributed by atoms with Crippen LogP contribution in [0, 0.1) is 5.41 Å². The molecular formula is C13H17NO2. The number of carboxylic acid groups (broad SMARTS) is 1. The Balaban J connectivity index is 2.17. The fourth-order valence-corrected chi connectivity index (χ4v) is 2.59. The fraction of sp³-hybridized carbons (Fsp3) is 0.538. The second-order valence-electron chi connectivity index (χ2n) is 4.68. The maximum atomic E-state index is 11.5. The van der Waals surface area contributed by atoms with Crippen molar-refractivity contribution in [3.63, 3.8) is 0 Å². The van der Waals surface area contributed by atoms with E-state index in [9.17, 15) is 9.90 Å². The molecule has 0 saturated heterocycles. The van der Waals surface area contributed by atoms with E-state index in [0.29, 0.717) is 6.42 Å². The van der Waals surface area contributed by atoms with Crippen LogP contribution in [-0.4, -0.2) is 16.1 Å². The van der Waals surface area contributed by atoms with Gasteiger partial charge in [0.2, 0.25) is 0 Å². The predicted octanol–water partition coefficient (Wildman–Crippen LogP) is 2.66. The van der Waals surface area contributed by atoms with Gasteiger partial charge in [0.15, 0.2) is 0 Å². The molecule has 0 aliphatic heterocycles. The van der Waals surface area contributed by atoms with Crippen molar-refractivity contribution in [2.45, 2.75) is 38.5 Å². The summed E-state index contributed by atoms with van der Waals surface area (Å²) in [6.45, 7) is 0. The molecule has 0 bridgehead atoms. The van der Waals surface area contributed by atoms with E-state index < -0.39 is 11.4 Å². The predicted molar refractivity (Wildman–Crippen MR) is 61.1 cm³/mol. The van der Waals surface area contributed by atoms with Crippen LogP contribution in [0.15, 0.2) is 24.5 Å². The third-order valence-electron chi connectivity index (χ3n) is 3.53. The van der Waals surface area contributed by atoms with Gasteiger partial charge in [-0.25, -0.2) is 0 Å². The zero-order valence-electron chi connectivity index (χ0n) is 9.35. The van der Waals surface area contributed by atoms with Gasteiger partial charge in [-0.15, -0.1) is 0 Å². The molecule has 1 heterocycles. The van der Waals surface area contributed by atoms with Gasteiger partial charge in [-0.05, 0) is 30.9 Å². The standard InChI is InChI=1S/C13H17NO2/c15-12(16)13(6-2-1-3-7-13)9-11-5-4-8-14-10-11/h4-5,8,10H,1-3,6-7,9H2,(H,15,16). The molecule has 0 radical (unpaired) electrons. The summed E-state index contributed by atoms with van der Waals surface area (Å²) >= 11 is 0. The van der Waals surface area contributed by atoms with E-state index in [1.54, 1.807) is 12.4 Å². The number of aromatic nitrogens is 1. The van der Waals surface area contributed by atoms with Crippen LogP contribution in [0.2, 0.25) is 0 Å². The van der Waals surface area contributed by atoms with Gasteiger partial charge in [-0.2, -0.15) is 0 Å². The summed E-state index contributed by atoms with van der Waals surface area (Å²) in [5, 5.41) is 9.43. The minimum Gasteiger partial charge on any atom is -0.481 e. The average Bonchev–Trinajstić information content (AvgIpc) is 2.31. The number of rotatable bonds is 3. The Morgan fingerprint density at radius 3 is 2.69 bits per heavy atom. The quantitative estimate of drug-likeness (QED) is 0.850. The summed E-state index contributed by atoms with van der Waals surface area (Å²) in [6.07, 6.45) is 8.96. The Hall–Kier alpha value is -1.38. The van der Waals surface area contributed by atoms with E-state index in [1.165, 1.54) is 6.42 Å². The third-order valence-corrected chi connectivity index (χ3v) is 3.53. The highest BCUT2D eigenvalue weighted by Gasteiger charge is 2.39. The molecule has 2 rings (SSSR count). The first-order valence-corrected chi connectivity index (χ1v) is 5.85. The minimum atomic E-state index is -0.643. The summed E-state index contributed by atoms with van der Waals surface area (Å²) in [7, 11) is 0. The van der Waals surface area contributed by atoms with Crippen molar-refractivity contribution in [2.24, 2.45) is 5.41 Å².